The molecule has 2 fully saturated rings. The lowest BCUT2D eigenvalue weighted by Gasteiger charge is -2.31. The third-order valence-corrected chi connectivity index (χ3v) is 19.3. The van der Waals surface area contributed by atoms with Gasteiger partial charge in [-0.05, 0) is 120 Å². The van der Waals surface area contributed by atoms with E-state index in [0.717, 1.165) is 40.7 Å². The molecule has 0 unspecified atom stereocenters. The number of ether oxygens (including phenoxy) is 1. The molecule has 10 amide bonds. The summed E-state index contributed by atoms with van der Waals surface area (Å²) in [6.07, 6.45) is 0.540. The Morgan fingerprint density at radius 2 is 1.02 bits per heavy atom. The first-order valence-electron chi connectivity index (χ1n) is 36.6. The Morgan fingerprint density at radius 1 is 0.546 bits per heavy atom. The summed E-state index contributed by atoms with van der Waals surface area (Å²) < 4.78 is 5.56. The maximum Gasteiger partial charge on any atom is 0.245 e. The highest BCUT2D eigenvalue weighted by molar-refractivity contribution is 6.30. The number of likely N-dealkylation sites (tertiary alicyclic amines) is 1. The predicted molar refractivity (Wildman–Crippen MR) is 413 cm³/mol. The summed E-state index contributed by atoms with van der Waals surface area (Å²) in [5.41, 5.74) is 28.3. The first-order valence-corrected chi connectivity index (χ1v) is 36.9. The molecule has 2 aliphatic heterocycles. The highest BCUT2D eigenvalue weighted by atomic mass is 35.5. The van der Waals surface area contributed by atoms with Crippen LogP contribution >= 0.6 is 11.6 Å². The Bertz CT molecular complexity index is 4060. The van der Waals surface area contributed by atoms with Crippen LogP contribution in [0.1, 0.15) is 86.3 Å². The molecule has 108 heavy (non-hydrogen) atoms. The standard InChI is InChI=1S/C79H103ClN16O12/c1-48(2)40-62(71(100)87-61(20-12-34-85-79(83)84)78(107)96-35-13-21-68(96)77(106)86-49(3)69(82)98)89-73(102)65(42-51-22-24-54(25-23-51)46-95-36-38-108-39-37-95)91-74(103)66(44-53-28-32-58(33-29-53)94(4)5)92-76(105)67(47-97)93-75(104)64(41-50-14-7-6-8-15-50)90-72(101)63(43-52-26-30-57(80)31-27-52)88-70(99)60(81)45-56-18-11-17-55-16-9-10-19-59(55)56/h6-11,14-19,22-33,48-49,60-68,97H,12-13,20-21,34-47,81H2,1-5H3,(H2,82,98)(H,86,106)(H,87,100)(H,88,99)(H,89,102)(H,90,101)(H,91,103)(H,92,105)(H,93,104)(H4,83,84,85)/t49-,60-,61+,62+,63-,64-,65-,66+,67+,68+/m1/s1. The van der Waals surface area contributed by atoms with Crippen LogP contribution in [0.25, 0.3) is 10.8 Å². The lowest BCUT2D eigenvalue weighted by atomic mass is 9.98. The third kappa shape index (κ3) is 25.3. The SMILES string of the molecule is CC(C)C[C@H](NC(=O)[C@@H](Cc1ccc(CN2CCOCC2)cc1)NC(=O)[C@H](Cc1ccc(N(C)C)cc1)NC(=O)[C@H](CO)NC(=O)[C@@H](Cc1ccccc1)NC(=O)[C@@H](Cc1ccc(Cl)cc1)NC(=O)[C@H](N)Cc1cccc2ccccc12)C(=O)N[C@@H](CCCN=C(N)N)C(=O)N1CCC[C@H]1C(=O)N[C@H](C)C(N)=O. The minimum Gasteiger partial charge on any atom is -0.394 e. The quantitative estimate of drug-likeness (QED) is 0.0149. The van der Waals surface area contributed by atoms with Gasteiger partial charge in [-0.3, -0.25) is 57.8 Å². The molecule has 0 bridgehead atoms. The second-order valence-corrected chi connectivity index (χ2v) is 28.6. The Labute approximate surface area is 635 Å². The average Bonchev–Trinajstić information content (AvgIpc) is 1.44. The van der Waals surface area contributed by atoms with E-state index < -0.39 is 126 Å². The van der Waals surface area contributed by atoms with Crippen molar-refractivity contribution in [2.75, 3.05) is 65.0 Å². The number of rotatable bonds is 38. The Hall–Kier alpha value is -10.5. The fourth-order valence-corrected chi connectivity index (χ4v) is 13.1. The van der Waals surface area contributed by atoms with Crippen LogP contribution in [0.4, 0.5) is 5.69 Å². The maximum atomic E-state index is 15.4. The van der Waals surface area contributed by atoms with Crippen molar-refractivity contribution in [3.63, 3.8) is 0 Å². The van der Waals surface area contributed by atoms with Gasteiger partial charge in [0, 0.05) is 83.2 Å². The van der Waals surface area contributed by atoms with Crippen molar-refractivity contribution < 1.29 is 57.8 Å². The van der Waals surface area contributed by atoms with Crippen molar-refractivity contribution in [3.05, 3.63) is 184 Å². The van der Waals surface area contributed by atoms with Gasteiger partial charge in [0.05, 0.1) is 25.9 Å². The molecule has 0 radical (unpaired) electrons. The van der Waals surface area contributed by atoms with Gasteiger partial charge < -0.3 is 85.1 Å². The van der Waals surface area contributed by atoms with Crippen molar-refractivity contribution in [3.8, 4) is 0 Å². The van der Waals surface area contributed by atoms with E-state index in [4.69, 9.17) is 39.3 Å². The lowest BCUT2D eigenvalue weighted by Crippen LogP contribution is -2.61. The zero-order valence-corrected chi connectivity index (χ0v) is 62.6. The zero-order valence-electron chi connectivity index (χ0n) is 61.8. The van der Waals surface area contributed by atoms with Gasteiger partial charge in [0.2, 0.25) is 59.1 Å². The van der Waals surface area contributed by atoms with Crippen LogP contribution in [0.15, 0.2) is 151 Å². The van der Waals surface area contributed by atoms with Crippen LogP contribution in [0.2, 0.25) is 5.02 Å². The van der Waals surface area contributed by atoms with Crippen LogP contribution in [-0.4, -0.2) is 200 Å². The smallest absolute Gasteiger partial charge is 0.245 e. The van der Waals surface area contributed by atoms with E-state index in [-0.39, 0.29) is 82.8 Å². The molecular formula is C79H103ClN16O12. The molecule has 0 aromatic heterocycles. The van der Waals surface area contributed by atoms with Crippen LogP contribution in [0.5, 0.6) is 0 Å². The minimum atomic E-state index is -1.76. The van der Waals surface area contributed by atoms with Gasteiger partial charge in [0.25, 0.3) is 0 Å². The van der Waals surface area contributed by atoms with Crippen molar-refractivity contribution in [2.45, 2.75) is 152 Å². The number of nitrogens with one attached hydrogen (secondary N) is 8. The number of guanidine groups is 1. The van der Waals surface area contributed by atoms with Crippen molar-refractivity contribution in [1.29, 1.82) is 0 Å². The number of halogens is 1. The number of carbonyl (C=O) groups excluding carboxylic acids is 10. The van der Waals surface area contributed by atoms with E-state index in [9.17, 15) is 43.5 Å². The van der Waals surface area contributed by atoms with Gasteiger partial charge in [-0.2, -0.15) is 0 Å². The highest BCUT2D eigenvalue weighted by Crippen LogP contribution is 2.24. The molecule has 8 rings (SSSR count). The number of hydrogen-bond donors (Lipinski definition) is 13. The van der Waals surface area contributed by atoms with Crippen LogP contribution in [0, 0.1) is 5.92 Å². The number of fused-ring (bicyclic) bond motifs is 1. The van der Waals surface area contributed by atoms with Gasteiger partial charge in [0.15, 0.2) is 5.96 Å². The molecule has 6 aromatic rings. The summed E-state index contributed by atoms with van der Waals surface area (Å²) in [7, 11) is 3.70. The molecule has 2 heterocycles. The number of morpholine rings is 1. The largest absolute Gasteiger partial charge is 0.394 e. The minimum absolute atomic E-state index is 0.000748. The van der Waals surface area contributed by atoms with Crippen LogP contribution in [0.3, 0.4) is 0 Å². The fourth-order valence-electron chi connectivity index (χ4n) is 13.0. The Balaban J connectivity index is 1.06. The first-order chi connectivity index (χ1) is 51.7. The fraction of sp³-hybridized carbons (Fsp3) is 0.430. The van der Waals surface area contributed by atoms with Gasteiger partial charge in [0.1, 0.15) is 54.4 Å². The number of hydrogen-bond acceptors (Lipinski definition) is 16. The molecule has 578 valence electrons. The number of primary amides is 1. The van der Waals surface area contributed by atoms with Crippen LogP contribution < -0.4 is 70.4 Å². The normalized spacial score (nSPS) is 16.2. The molecule has 2 aliphatic rings. The van der Waals surface area contributed by atoms with E-state index in [1.807, 2.05) is 112 Å². The van der Waals surface area contributed by atoms with Gasteiger partial charge in [-0.1, -0.05) is 147 Å². The van der Waals surface area contributed by atoms with Gasteiger partial charge >= 0.3 is 0 Å². The molecule has 29 heteroatoms. The van der Waals surface area contributed by atoms with E-state index in [1.54, 1.807) is 66.7 Å². The number of aliphatic hydroxyl groups excluding tert-OH is 1. The summed E-state index contributed by atoms with van der Waals surface area (Å²) in [4.78, 5) is 154. The number of nitrogens with two attached hydrogens (primary N) is 4. The number of amides is 10. The number of aliphatic hydroxyl groups is 1. The molecule has 28 nitrogen and oxygen atoms in total. The van der Waals surface area contributed by atoms with Crippen molar-refractivity contribution in [2.24, 2.45) is 33.8 Å². The van der Waals surface area contributed by atoms with Gasteiger partial charge in [-0.25, -0.2) is 0 Å². The Kier molecular flexibility index (Phi) is 31.6. The van der Waals surface area contributed by atoms with E-state index in [2.05, 4.69) is 52.4 Å². The van der Waals surface area contributed by atoms with Crippen molar-refractivity contribution >= 4 is 93.1 Å². The number of nitrogens with zero attached hydrogens (tertiary/aromatic N) is 4. The number of benzene rings is 6. The second kappa shape index (κ2) is 41.0. The van der Waals surface area contributed by atoms with E-state index in [1.165, 1.54) is 11.8 Å². The Morgan fingerprint density at radius 3 is 1.56 bits per heavy atom. The number of aliphatic imine (C=N–C) groups is 1. The summed E-state index contributed by atoms with van der Waals surface area (Å²) >= 11 is 6.26. The topological polar surface area (TPSA) is 423 Å². The summed E-state index contributed by atoms with van der Waals surface area (Å²) in [5, 5.41) is 35.5. The zero-order chi connectivity index (χ0) is 78.0. The predicted octanol–water partition coefficient (Wildman–Crippen LogP) is 1.70. The summed E-state index contributed by atoms with van der Waals surface area (Å²) in [6, 6.07) is 30.1. The molecular weight excluding hydrogens is 1400 g/mol. The average molecular weight is 1500 g/mol. The molecule has 0 aliphatic carbocycles. The molecule has 2 saturated heterocycles. The molecule has 0 spiro atoms. The van der Waals surface area contributed by atoms with Crippen LogP contribution in [-0.2, 0) is 91.3 Å². The molecule has 0 saturated carbocycles. The maximum absolute atomic E-state index is 15.4. The molecule has 17 N–H and O–H groups in total. The monoisotopic (exact) mass is 1500 g/mol. The third-order valence-electron chi connectivity index (χ3n) is 19.0. The molecule has 6 aromatic carbocycles. The summed E-state index contributed by atoms with van der Waals surface area (Å²) in [5.74, 6) is -8.24. The summed E-state index contributed by atoms with van der Waals surface area (Å²) in [6.45, 7) is 7.58. The van der Waals surface area contributed by atoms with Gasteiger partial charge in [-0.15, -0.1) is 0 Å². The van der Waals surface area contributed by atoms with E-state index in [0.29, 0.717) is 53.5 Å². The van der Waals surface area contributed by atoms with E-state index >= 15 is 9.59 Å². The highest BCUT2D eigenvalue weighted by Gasteiger charge is 2.40. The molecule has 10 atom stereocenters. The first kappa shape index (κ1) is 83.1. The second-order valence-electron chi connectivity index (χ2n) is 28.2. The number of anilines is 1. The lowest BCUT2D eigenvalue weighted by molar-refractivity contribution is -0.142. The number of carbonyl (C=O) groups is 10. The van der Waals surface area contributed by atoms with Crippen molar-refractivity contribution in [1.82, 2.24) is 52.3 Å².